The van der Waals surface area contributed by atoms with E-state index in [1.54, 1.807) is 6.92 Å². The van der Waals surface area contributed by atoms with E-state index in [4.69, 9.17) is 5.11 Å². The fourth-order valence-corrected chi connectivity index (χ4v) is 1.67. The zero-order valence-corrected chi connectivity index (χ0v) is 13.5. The van der Waals surface area contributed by atoms with E-state index in [9.17, 15) is 9.59 Å². The van der Waals surface area contributed by atoms with Crippen molar-refractivity contribution in [2.24, 2.45) is 0 Å². The standard InChI is InChI=1S/C14H17NO3.Na.H/c1-10(8-11(2)16)15-13(14(17)18)9-12-6-4-3-5-7-12;;/h3-8,13,15H,9H2,1-2H3,(H,17,18);;/q;+1;-1/b10-8+;;/t13-;;/m0../s1. The Bertz CT molecular complexity index is 463. The molecule has 0 fully saturated rings. The number of hydrogen-bond acceptors (Lipinski definition) is 3. The van der Waals surface area contributed by atoms with Gasteiger partial charge in [-0.3, -0.25) is 4.79 Å². The molecule has 1 aromatic rings. The molecule has 5 heteroatoms. The molecular formula is C14H18NNaO3. The molecule has 0 radical (unpaired) electrons. The molecule has 0 aromatic heterocycles. The van der Waals surface area contributed by atoms with Gasteiger partial charge in [0.15, 0.2) is 5.78 Å². The summed E-state index contributed by atoms with van der Waals surface area (Å²) in [6.07, 6.45) is 1.76. The molecule has 0 aliphatic rings. The van der Waals surface area contributed by atoms with Crippen LogP contribution < -0.4 is 34.9 Å². The normalized spacial score (nSPS) is 12.2. The SMILES string of the molecule is CC(=O)/C=C(\C)N[C@@H](Cc1ccccc1)C(=O)O.[H-].[Na+]. The summed E-state index contributed by atoms with van der Waals surface area (Å²) in [5.41, 5.74) is 1.50. The summed E-state index contributed by atoms with van der Waals surface area (Å²) < 4.78 is 0. The van der Waals surface area contributed by atoms with E-state index < -0.39 is 12.0 Å². The maximum Gasteiger partial charge on any atom is 1.00 e. The molecule has 0 aliphatic heterocycles. The third-order valence-corrected chi connectivity index (χ3v) is 2.40. The van der Waals surface area contributed by atoms with Gasteiger partial charge in [0.2, 0.25) is 0 Å². The van der Waals surface area contributed by atoms with Crippen LogP contribution in [-0.2, 0) is 16.0 Å². The van der Waals surface area contributed by atoms with E-state index in [-0.39, 0.29) is 36.8 Å². The Hall–Kier alpha value is -1.10. The third-order valence-electron chi connectivity index (χ3n) is 2.40. The number of allylic oxidation sites excluding steroid dienone is 2. The average Bonchev–Trinajstić information content (AvgIpc) is 2.28. The zero-order chi connectivity index (χ0) is 13.5. The first-order valence-electron chi connectivity index (χ1n) is 5.71. The molecule has 4 nitrogen and oxygen atoms in total. The second-order valence-corrected chi connectivity index (χ2v) is 4.16. The molecule has 19 heavy (non-hydrogen) atoms. The third kappa shape index (κ3) is 7.15. The number of carboxylic acid groups (broad SMARTS) is 1. The first-order valence-corrected chi connectivity index (χ1v) is 5.71. The van der Waals surface area contributed by atoms with Gasteiger partial charge in [-0.15, -0.1) is 0 Å². The second kappa shape index (κ2) is 8.91. The summed E-state index contributed by atoms with van der Waals surface area (Å²) in [6.45, 7) is 3.11. The number of carboxylic acids is 1. The molecule has 0 bridgehead atoms. The summed E-state index contributed by atoms with van der Waals surface area (Å²) in [6, 6.07) is 8.64. The first kappa shape index (κ1) is 17.9. The van der Waals surface area contributed by atoms with Gasteiger partial charge in [0, 0.05) is 12.1 Å². The number of carbonyl (C=O) groups is 2. The van der Waals surface area contributed by atoms with Gasteiger partial charge in [0.25, 0.3) is 0 Å². The van der Waals surface area contributed by atoms with Crippen LogP contribution in [0.1, 0.15) is 20.8 Å². The fourth-order valence-electron chi connectivity index (χ4n) is 1.67. The Balaban J connectivity index is 0. The molecule has 98 valence electrons. The minimum atomic E-state index is -0.935. The van der Waals surface area contributed by atoms with Crippen LogP contribution in [0.15, 0.2) is 42.1 Å². The summed E-state index contributed by atoms with van der Waals surface area (Å²) >= 11 is 0. The van der Waals surface area contributed by atoms with E-state index in [1.807, 2.05) is 30.3 Å². The van der Waals surface area contributed by atoms with Crippen LogP contribution in [0.25, 0.3) is 0 Å². The van der Waals surface area contributed by atoms with Crippen LogP contribution in [0, 0.1) is 0 Å². The van der Waals surface area contributed by atoms with Gasteiger partial charge >= 0.3 is 35.5 Å². The minimum Gasteiger partial charge on any atom is -1.00 e. The number of benzene rings is 1. The van der Waals surface area contributed by atoms with Crippen LogP contribution in [0.4, 0.5) is 0 Å². The Labute approximate surface area is 136 Å². The molecule has 2 N–H and O–H groups in total. The van der Waals surface area contributed by atoms with Crippen LogP contribution in [0.2, 0.25) is 0 Å². The predicted molar refractivity (Wildman–Crippen MR) is 70.3 cm³/mol. The molecule has 1 aromatic carbocycles. The smallest absolute Gasteiger partial charge is 1.00 e. The Morgan fingerprint density at radius 3 is 2.37 bits per heavy atom. The van der Waals surface area contributed by atoms with Gasteiger partial charge in [-0.1, -0.05) is 30.3 Å². The number of hydrogen-bond donors (Lipinski definition) is 2. The van der Waals surface area contributed by atoms with Crippen LogP contribution in [0.3, 0.4) is 0 Å². The fraction of sp³-hybridized carbons (Fsp3) is 0.286. The molecular weight excluding hydrogens is 253 g/mol. The largest absolute Gasteiger partial charge is 1.00 e. The Morgan fingerprint density at radius 2 is 1.89 bits per heavy atom. The summed E-state index contributed by atoms with van der Waals surface area (Å²) in [5, 5.41) is 12.0. The van der Waals surface area contributed by atoms with Crippen molar-refractivity contribution >= 4 is 11.8 Å². The summed E-state index contributed by atoms with van der Waals surface area (Å²) in [4.78, 5) is 22.1. The average molecular weight is 271 g/mol. The minimum absolute atomic E-state index is 0. The Morgan fingerprint density at radius 1 is 1.32 bits per heavy atom. The van der Waals surface area contributed by atoms with E-state index in [0.717, 1.165) is 5.56 Å². The summed E-state index contributed by atoms with van der Waals surface area (Å²) in [7, 11) is 0. The molecule has 0 unspecified atom stereocenters. The van der Waals surface area contributed by atoms with Gasteiger partial charge in [-0.2, -0.15) is 0 Å². The van der Waals surface area contributed by atoms with Crippen molar-refractivity contribution in [3.8, 4) is 0 Å². The van der Waals surface area contributed by atoms with Crippen molar-refractivity contribution in [3.63, 3.8) is 0 Å². The molecule has 0 spiro atoms. The maximum absolute atomic E-state index is 11.2. The van der Waals surface area contributed by atoms with Crippen molar-refractivity contribution in [1.29, 1.82) is 0 Å². The number of carbonyl (C=O) groups excluding carboxylic acids is 1. The predicted octanol–water partition coefficient (Wildman–Crippen LogP) is -1.12. The van der Waals surface area contributed by atoms with E-state index in [1.165, 1.54) is 13.0 Å². The quantitative estimate of drug-likeness (QED) is 0.508. The zero-order valence-electron chi connectivity index (χ0n) is 12.5. The summed E-state index contributed by atoms with van der Waals surface area (Å²) in [5.74, 6) is -1.04. The van der Waals surface area contributed by atoms with Crippen molar-refractivity contribution in [2.75, 3.05) is 0 Å². The molecule has 0 saturated carbocycles. The van der Waals surface area contributed by atoms with Crippen molar-refractivity contribution in [3.05, 3.63) is 47.7 Å². The van der Waals surface area contributed by atoms with Gasteiger partial charge in [0.05, 0.1) is 0 Å². The topological polar surface area (TPSA) is 66.4 Å². The molecule has 0 amide bonds. The number of nitrogens with one attached hydrogen (secondary N) is 1. The van der Waals surface area contributed by atoms with E-state index >= 15 is 0 Å². The van der Waals surface area contributed by atoms with Crippen molar-refractivity contribution in [1.82, 2.24) is 5.32 Å². The maximum atomic E-state index is 11.2. The molecule has 0 heterocycles. The van der Waals surface area contributed by atoms with Gasteiger partial charge in [-0.25, -0.2) is 4.79 Å². The van der Waals surface area contributed by atoms with E-state index in [0.29, 0.717) is 12.1 Å². The van der Waals surface area contributed by atoms with Gasteiger partial charge in [-0.05, 0) is 25.5 Å². The number of ketones is 1. The molecule has 0 aliphatic carbocycles. The molecule has 1 rings (SSSR count). The molecule has 1 atom stereocenters. The number of rotatable bonds is 6. The van der Waals surface area contributed by atoms with Gasteiger partial charge < -0.3 is 11.8 Å². The van der Waals surface area contributed by atoms with Crippen molar-refractivity contribution in [2.45, 2.75) is 26.3 Å². The second-order valence-electron chi connectivity index (χ2n) is 4.16. The first-order chi connectivity index (χ1) is 8.49. The monoisotopic (exact) mass is 271 g/mol. The van der Waals surface area contributed by atoms with Crippen LogP contribution >= 0.6 is 0 Å². The molecule has 0 saturated heterocycles. The Kier molecular flexibility index (Phi) is 8.39. The van der Waals surface area contributed by atoms with Crippen molar-refractivity contribution < 1.29 is 45.7 Å². The number of aliphatic carboxylic acids is 1. The van der Waals surface area contributed by atoms with Crippen LogP contribution in [0.5, 0.6) is 0 Å². The van der Waals surface area contributed by atoms with Gasteiger partial charge in [0.1, 0.15) is 6.04 Å². The van der Waals surface area contributed by atoms with E-state index in [2.05, 4.69) is 5.32 Å². The van der Waals surface area contributed by atoms with Crippen LogP contribution in [-0.4, -0.2) is 22.9 Å².